The summed E-state index contributed by atoms with van der Waals surface area (Å²) in [4.78, 5) is 22.2. The van der Waals surface area contributed by atoms with Gasteiger partial charge in [-0.25, -0.2) is 0 Å². The highest BCUT2D eigenvalue weighted by Crippen LogP contribution is 2.22. The molecule has 5 heteroatoms. The third-order valence-corrected chi connectivity index (χ3v) is 5.56. The molecule has 1 saturated heterocycles. The van der Waals surface area contributed by atoms with Crippen molar-refractivity contribution in [3.63, 3.8) is 0 Å². The van der Waals surface area contributed by atoms with Gasteiger partial charge in [0.1, 0.15) is 0 Å². The zero-order valence-electron chi connectivity index (χ0n) is 16.1. The third-order valence-electron chi connectivity index (χ3n) is 5.33. The maximum Gasteiger partial charge on any atom is 0.255 e. The van der Waals surface area contributed by atoms with Crippen LogP contribution in [-0.4, -0.2) is 46.9 Å². The lowest BCUT2D eigenvalue weighted by molar-refractivity contribution is 0.0760. The molecule has 3 aromatic rings. The number of carbonyl (C=O) groups excluding carboxylic acids is 1. The minimum absolute atomic E-state index is 0.0726. The van der Waals surface area contributed by atoms with Crippen LogP contribution < -0.4 is 0 Å². The van der Waals surface area contributed by atoms with Crippen molar-refractivity contribution in [1.82, 2.24) is 14.8 Å². The zero-order valence-corrected chi connectivity index (χ0v) is 16.8. The van der Waals surface area contributed by atoms with Crippen molar-refractivity contribution in [2.24, 2.45) is 0 Å². The zero-order chi connectivity index (χ0) is 19.5. The molecule has 144 valence electrons. The number of fused-ring (bicyclic) bond motifs is 1. The molecule has 28 heavy (non-hydrogen) atoms. The SMILES string of the molecule is Cc1nc2cc(Cl)ccc2cc1C(=O)N1CCCN(Cc2ccccc2)CC1. The summed E-state index contributed by atoms with van der Waals surface area (Å²) >= 11 is 6.07. The Kier molecular flexibility index (Phi) is 5.60. The predicted octanol–water partition coefficient (Wildman–Crippen LogP) is 4.54. The van der Waals surface area contributed by atoms with Gasteiger partial charge in [-0.3, -0.25) is 14.7 Å². The van der Waals surface area contributed by atoms with E-state index in [2.05, 4.69) is 34.1 Å². The van der Waals surface area contributed by atoms with E-state index in [1.807, 2.05) is 42.2 Å². The number of hydrogen-bond donors (Lipinski definition) is 0. The summed E-state index contributed by atoms with van der Waals surface area (Å²) in [5.41, 5.74) is 3.58. The first-order valence-corrected chi connectivity index (χ1v) is 10.1. The number of pyridine rings is 1. The van der Waals surface area contributed by atoms with E-state index in [1.54, 1.807) is 0 Å². The monoisotopic (exact) mass is 393 g/mol. The molecular weight excluding hydrogens is 370 g/mol. The number of halogens is 1. The van der Waals surface area contributed by atoms with Crippen LogP contribution in [0.4, 0.5) is 0 Å². The van der Waals surface area contributed by atoms with E-state index in [4.69, 9.17) is 11.6 Å². The predicted molar refractivity (Wildman–Crippen MR) is 114 cm³/mol. The molecule has 1 aliphatic heterocycles. The average Bonchev–Trinajstić information content (AvgIpc) is 2.93. The number of carbonyl (C=O) groups is 1. The van der Waals surface area contributed by atoms with Crippen molar-refractivity contribution < 1.29 is 4.79 Å². The summed E-state index contributed by atoms with van der Waals surface area (Å²) in [6.07, 6.45) is 0.980. The van der Waals surface area contributed by atoms with Crippen LogP contribution >= 0.6 is 11.6 Å². The van der Waals surface area contributed by atoms with Crippen LogP contribution in [-0.2, 0) is 6.54 Å². The van der Waals surface area contributed by atoms with Gasteiger partial charge in [0.2, 0.25) is 0 Å². The van der Waals surface area contributed by atoms with Crippen molar-refractivity contribution in [3.05, 3.63) is 76.4 Å². The van der Waals surface area contributed by atoms with Gasteiger partial charge in [-0.2, -0.15) is 0 Å². The van der Waals surface area contributed by atoms with Crippen LogP contribution in [0.15, 0.2) is 54.6 Å². The van der Waals surface area contributed by atoms with Crippen molar-refractivity contribution in [2.45, 2.75) is 19.9 Å². The maximum absolute atomic E-state index is 13.2. The number of hydrogen-bond acceptors (Lipinski definition) is 3. The van der Waals surface area contributed by atoms with Crippen molar-refractivity contribution >= 4 is 28.4 Å². The molecule has 1 fully saturated rings. The first-order chi connectivity index (χ1) is 13.6. The Morgan fingerprint density at radius 1 is 1.04 bits per heavy atom. The number of amides is 1. The van der Waals surface area contributed by atoms with Gasteiger partial charge in [-0.15, -0.1) is 0 Å². The highest BCUT2D eigenvalue weighted by Gasteiger charge is 2.22. The van der Waals surface area contributed by atoms with E-state index in [-0.39, 0.29) is 5.91 Å². The van der Waals surface area contributed by atoms with Gasteiger partial charge >= 0.3 is 0 Å². The smallest absolute Gasteiger partial charge is 0.255 e. The molecule has 4 rings (SSSR count). The largest absolute Gasteiger partial charge is 0.337 e. The molecular formula is C23H24ClN3O. The van der Waals surface area contributed by atoms with Crippen LogP contribution in [0.1, 0.15) is 28.0 Å². The average molecular weight is 394 g/mol. The lowest BCUT2D eigenvalue weighted by Crippen LogP contribution is -2.35. The van der Waals surface area contributed by atoms with Gasteiger partial charge in [-0.05, 0) is 37.1 Å². The van der Waals surface area contributed by atoms with Crippen LogP contribution in [0.25, 0.3) is 10.9 Å². The van der Waals surface area contributed by atoms with Crippen LogP contribution in [0.3, 0.4) is 0 Å². The molecule has 1 aliphatic rings. The summed E-state index contributed by atoms with van der Waals surface area (Å²) in [6, 6.07) is 18.0. The Morgan fingerprint density at radius 2 is 1.86 bits per heavy atom. The Bertz CT molecular complexity index is 990. The number of aryl methyl sites for hydroxylation is 1. The molecule has 0 unspecified atom stereocenters. The molecule has 0 bridgehead atoms. The van der Waals surface area contributed by atoms with E-state index >= 15 is 0 Å². The number of rotatable bonds is 3. The molecule has 0 N–H and O–H groups in total. The normalized spacial score (nSPS) is 15.6. The van der Waals surface area contributed by atoms with Crippen LogP contribution in [0.5, 0.6) is 0 Å². The summed E-state index contributed by atoms with van der Waals surface area (Å²) in [6.45, 7) is 6.24. The minimum atomic E-state index is 0.0726. The van der Waals surface area contributed by atoms with Gasteiger partial charge in [0.15, 0.2) is 0 Å². The second kappa shape index (κ2) is 8.29. The standard InChI is InChI=1S/C23H24ClN3O/c1-17-21(14-19-8-9-20(24)15-22(19)25-17)23(28)27-11-5-10-26(12-13-27)16-18-6-3-2-4-7-18/h2-4,6-9,14-15H,5,10-13,16H2,1H3. The van der Waals surface area contributed by atoms with Crippen molar-refractivity contribution in [2.75, 3.05) is 26.2 Å². The summed E-state index contributed by atoms with van der Waals surface area (Å²) < 4.78 is 0. The second-order valence-corrected chi connectivity index (χ2v) is 7.80. The molecule has 4 nitrogen and oxygen atoms in total. The molecule has 2 aromatic carbocycles. The Hall–Kier alpha value is -2.43. The fourth-order valence-corrected chi connectivity index (χ4v) is 3.96. The Labute approximate surface area is 170 Å². The first kappa shape index (κ1) is 18.9. The van der Waals surface area contributed by atoms with Crippen LogP contribution in [0, 0.1) is 6.92 Å². The van der Waals surface area contributed by atoms with E-state index in [9.17, 15) is 4.79 Å². The Morgan fingerprint density at radius 3 is 2.68 bits per heavy atom. The molecule has 0 spiro atoms. The quantitative estimate of drug-likeness (QED) is 0.655. The Balaban J connectivity index is 1.48. The minimum Gasteiger partial charge on any atom is -0.337 e. The molecule has 0 aliphatic carbocycles. The number of nitrogens with zero attached hydrogens (tertiary/aromatic N) is 3. The van der Waals surface area contributed by atoms with Gasteiger partial charge < -0.3 is 4.90 Å². The summed E-state index contributed by atoms with van der Waals surface area (Å²) in [7, 11) is 0. The third kappa shape index (κ3) is 4.18. The van der Waals surface area contributed by atoms with Crippen molar-refractivity contribution in [1.29, 1.82) is 0 Å². The number of benzene rings is 2. The van der Waals surface area contributed by atoms with Gasteiger partial charge in [0.05, 0.1) is 16.8 Å². The van der Waals surface area contributed by atoms with E-state index < -0.39 is 0 Å². The molecule has 0 atom stereocenters. The fourth-order valence-electron chi connectivity index (χ4n) is 3.80. The fraction of sp³-hybridized carbons (Fsp3) is 0.304. The first-order valence-electron chi connectivity index (χ1n) is 9.72. The highest BCUT2D eigenvalue weighted by molar-refractivity contribution is 6.31. The lowest BCUT2D eigenvalue weighted by atomic mass is 10.1. The molecule has 0 radical (unpaired) electrons. The summed E-state index contributed by atoms with van der Waals surface area (Å²) in [5.74, 6) is 0.0726. The topological polar surface area (TPSA) is 36.4 Å². The van der Waals surface area contributed by atoms with Crippen LogP contribution in [0.2, 0.25) is 5.02 Å². The molecule has 1 aromatic heterocycles. The van der Waals surface area contributed by atoms with Gasteiger partial charge in [0, 0.05) is 43.1 Å². The molecule has 2 heterocycles. The highest BCUT2D eigenvalue weighted by atomic mass is 35.5. The molecule has 0 saturated carbocycles. The van der Waals surface area contributed by atoms with Gasteiger partial charge in [0.25, 0.3) is 5.91 Å². The number of aromatic nitrogens is 1. The molecule has 1 amide bonds. The lowest BCUT2D eigenvalue weighted by Gasteiger charge is -2.23. The summed E-state index contributed by atoms with van der Waals surface area (Å²) in [5, 5.41) is 1.60. The maximum atomic E-state index is 13.2. The van der Waals surface area contributed by atoms with E-state index in [0.717, 1.165) is 55.7 Å². The van der Waals surface area contributed by atoms with E-state index in [1.165, 1.54) is 5.56 Å². The van der Waals surface area contributed by atoms with Gasteiger partial charge in [-0.1, -0.05) is 48.0 Å². The van der Waals surface area contributed by atoms with Crippen molar-refractivity contribution in [3.8, 4) is 0 Å². The van der Waals surface area contributed by atoms with E-state index in [0.29, 0.717) is 10.6 Å². The second-order valence-electron chi connectivity index (χ2n) is 7.37.